The van der Waals surface area contributed by atoms with Gasteiger partial charge in [-0.3, -0.25) is 4.90 Å². The van der Waals surface area contributed by atoms with Gasteiger partial charge in [0.05, 0.1) is 5.69 Å². The Morgan fingerprint density at radius 3 is 2.71 bits per heavy atom. The highest BCUT2D eigenvalue weighted by Crippen LogP contribution is 2.30. The van der Waals surface area contributed by atoms with Crippen molar-refractivity contribution in [2.75, 3.05) is 25.4 Å². The van der Waals surface area contributed by atoms with Gasteiger partial charge in [-0.05, 0) is 38.4 Å². The molecule has 2 atom stereocenters. The maximum absolute atomic E-state index is 12.9. The number of sulfonamides is 1. The van der Waals surface area contributed by atoms with Crippen molar-refractivity contribution in [1.29, 1.82) is 0 Å². The molecule has 1 aromatic rings. The van der Waals surface area contributed by atoms with Gasteiger partial charge in [0.25, 0.3) is 0 Å². The number of nitrogens with two attached hydrogens (primary N) is 1. The first kappa shape index (κ1) is 14.8. The molecule has 0 spiro atoms. The number of nitrogen functional groups attached to an aromatic ring is 1. The third-order valence-corrected chi connectivity index (χ3v) is 6.69. The summed E-state index contributed by atoms with van der Waals surface area (Å²) in [4.78, 5) is 2.68. The lowest BCUT2D eigenvalue weighted by Gasteiger charge is -2.46. The first-order valence-electron chi connectivity index (χ1n) is 7.60. The van der Waals surface area contributed by atoms with E-state index in [4.69, 9.17) is 5.73 Å². The zero-order valence-electron chi connectivity index (χ0n) is 12.4. The smallest absolute Gasteiger partial charge is 0.245 e. The molecule has 21 heavy (non-hydrogen) atoms. The molecule has 0 radical (unpaired) electrons. The van der Waals surface area contributed by atoms with E-state index >= 15 is 0 Å². The Hall–Kier alpha value is -1.11. The molecule has 0 saturated carbocycles. The molecule has 1 aromatic carbocycles. The highest BCUT2D eigenvalue weighted by Gasteiger charge is 2.39. The van der Waals surface area contributed by atoms with E-state index in [2.05, 4.69) is 4.90 Å². The Labute approximate surface area is 126 Å². The van der Waals surface area contributed by atoms with Gasteiger partial charge in [0.1, 0.15) is 4.90 Å². The normalized spacial score (nSPS) is 28.2. The zero-order valence-corrected chi connectivity index (χ0v) is 13.2. The zero-order chi connectivity index (χ0) is 15.0. The van der Waals surface area contributed by atoms with Crippen LogP contribution < -0.4 is 5.73 Å². The second-order valence-electron chi connectivity index (χ2n) is 6.11. The molecule has 2 fully saturated rings. The number of para-hydroxylation sites is 1. The van der Waals surface area contributed by atoms with Crippen LogP contribution in [0.2, 0.25) is 0 Å². The maximum Gasteiger partial charge on any atom is 0.245 e. The summed E-state index contributed by atoms with van der Waals surface area (Å²) < 4.78 is 27.5. The van der Waals surface area contributed by atoms with Crippen LogP contribution in [-0.2, 0) is 10.0 Å². The molecular weight excluding hydrogens is 286 g/mol. The fourth-order valence-corrected chi connectivity index (χ4v) is 5.28. The van der Waals surface area contributed by atoms with Crippen LogP contribution in [0, 0.1) is 0 Å². The van der Waals surface area contributed by atoms with Crippen molar-refractivity contribution >= 4 is 15.7 Å². The standard InChI is InChI=1S/C15H23N3O2S/c1-12-10-17-9-5-4-6-13(17)11-18(12)21(19,20)15-8-3-2-7-14(15)16/h2-3,7-8,12-13H,4-6,9-11,16H2,1H3. The Kier molecular flexibility index (Phi) is 3.94. The predicted octanol–water partition coefficient (Wildman–Crippen LogP) is 1.52. The van der Waals surface area contributed by atoms with E-state index in [0.29, 0.717) is 18.3 Å². The minimum atomic E-state index is -3.51. The number of fused-ring (bicyclic) bond motifs is 1. The topological polar surface area (TPSA) is 66.6 Å². The van der Waals surface area contributed by atoms with Gasteiger partial charge in [0.15, 0.2) is 0 Å². The SMILES string of the molecule is CC1CN2CCCCC2CN1S(=O)(=O)c1ccccc1N. The Morgan fingerprint density at radius 2 is 1.95 bits per heavy atom. The summed E-state index contributed by atoms with van der Waals surface area (Å²) in [5.41, 5.74) is 6.20. The molecule has 2 aliphatic heterocycles. The van der Waals surface area contributed by atoms with E-state index in [1.807, 2.05) is 6.92 Å². The summed E-state index contributed by atoms with van der Waals surface area (Å²) in [6.07, 6.45) is 3.50. The number of anilines is 1. The van der Waals surface area contributed by atoms with Crippen LogP contribution in [-0.4, -0.2) is 49.3 Å². The van der Waals surface area contributed by atoms with E-state index in [0.717, 1.165) is 19.5 Å². The van der Waals surface area contributed by atoms with Crippen molar-refractivity contribution in [3.63, 3.8) is 0 Å². The molecule has 116 valence electrons. The van der Waals surface area contributed by atoms with Crippen molar-refractivity contribution < 1.29 is 8.42 Å². The van der Waals surface area contributed by atoms with Crippen molar-refractivity contribution in [2.45, 2.75) is 43.2 Å². The molecule has 2 heterocycles. The number of rotatable bonds is 2. The molecule has 2 N–H and O–H groups in total. The number of hydrogen-bond acceptors (Lipinski definition) is 4. The van der Waals surface area contributed by atoms with Crippen LogP contribution in [0.3, 0.4) is 0 Å². The highest BCUT2D eigenvalue weighted by atomic mass is 32.2. The van der Waals surface area contributed by atoms with Gasteiger partial charge in [-0.25, -0.2) is 8.42 Å². The number of hydrogen-bond donors (Lipinski definition) is 1. The molecular formula is C15H23N3O2S. The van der Waals surface area contributed by atoms with Crippen molar-refractivity contribution in [1.82, 2.24) is 9.21 Å². The molecule has 0 bridgehead atoms. The fraction of sp³-hybridized carbons (Fsp3) is 0.600. The summed E-state index contributed by atoms with van der Waals surface area (Å²) in [6.45, 7) is 4.48. The van der Waals surface area contributed by atoms with Gasteiger partial charge in [-0.15, -0.1) is 0 Å². The maximum atomic E-state index is 12.9. The summed E-state index contributed by atoms with van der Waals surface area (Å²) in [5.74, 6) is 0. The molecule has 5 nitrogen and oxygen atoms in total. The molecule has 6 heteroatoms. The molecule has 0 aromatic heterocycles. The Balaban J connectivity index is 1.90. The predicted molar refractivity (Wildman–Crippen MR) is 83.4 cm³/mol. The number of piperidine rings is 1. The molecule has 2 saturated heterocycles. The van der Waals surface area contributed by atoms with Gasteiger partial charge in [0, 0.05) is 25.2 Å². The molecule has 2 aliphatic rings. The summed E-state index contributed by atoms with van der Waals surface area (Å²) in [7, 11) is -3.51. The van der Waals surface area contributed by atoms with Crippen LogP contribution >= 0.6 is 0 Å². The van der Waals surface area contributed by atoms with E-state index < -0.39 is 10.0 Å². The minimum Gasteiger partial charge on any atom is -0.398 e. The lowest BCUT2D eigenvalue weighted by Crippen LogP contribution is -2.59. The summed E-state index contributed by atoms with van der Waals surface area (Å²) in [6, 6.07) is 7.08. The van der Waals surface area contributed by atoms with Crippen molar-refractivity contribution in [3.8, 4) is 0 Å². The lowest BCUT2D eigenvalue weighted by atomic mass is 9.99. The third kappa shape index (κ3) is 2.67. The van der Waals surface area contributed by atoms with E-state index in [9.17, 15) is 8.42 Å². The van der Waals surface area contributed by atoms with Crippen molar-refractivity contribution in [3.05, 3.63) is 24.3 Å². The summed E-state index contributed by atoms with van der Waals surface area (Å²) in [5, 5.41) is 0. The first-order valence-corrected chi connectivity index (χ1v) is 9.04. The van der Waals surface area contributed by atoms with Crippen molar-refractivity contribution in [2.24, 2.45) is 0 Å². The minimum absolute atomic E-state index is 0.0102. The van der Waals surface area contributed by atoms with E-state index in [-0.39, 0.29) is 10.9 Å². The lowest BCUT2D eigenvalue weighted by molar-refractivity contribution is 0.0564. The van der Waals surface area contributed by atoms with Gasteiger partial charge < -0.3 is 5.73 Å². The third-order valence-electron chi connectivity index (χ3n) is 4.64. The van der Waals surface area contributed by atoms with E-state index in [1.165, 1.54) is 12.8 Å². The van der Waals surface area contributed by atoms with Gasteiger partial charge >= 0.3 is 0 Å². The summed E-state index contributed by atoms with van der Waals surface area (Å²) >= 11 is 0. The van der Waals surface area contributed by atoms with Gasteiger partial charge in [0.2, 0.25) is 10.0 Å². The van der Waals surface area contributed by atoms with Gasteiger partial charge in [-0.2, -0.15) is 4.31 Å². The van der Waals surface area contributed by atoms with Crippen LogP contribution in [0.1, 0.15) is 26.2 Å². The average Bonchev–Trinajstić information content (AvgIpc) is 2.46. The second-order valence-corrected chi connectivity index (χ2v) is 7.97. The van der Waals surface area contributed by atoms with E-state index in [1.54, 1.807) is 28.6 Å². The van der Waals surface area contributed by atoms with Crippen LogP contribution in [0.15, 0.2) is 29.2 Å². The highest BCUT2D eigenvalue weighted by molar-refractivity contribution is 7.89. The quantitative estimate of drug-likeness (QED) is 0.841. The molecule has 3 rings (SSSR count). The number of nitrogens with zero attached hydrogens (tertiary/aromatic N) is 2. The largest absolute Gasteiger partial charge is 0.398 e. The van der Waals surface area contributed by atoms with Crippen LogP contribution in [0.25, 0.3) is 0 Å². The molecule has 0 amide bonds. The number of benzene rings is 1. The van der Waals surface area contributed by atoms with Crippen LogP contribution in [0.4, 0.5) is 5.69 Å². The number of piperazine rings is 1. The Bertz CT molecular complexity index is 617. The first-order chi connectivity index (χ1) is 10.00. The average molecular weight is 309 g/mol. The fourth-order valence-electron chi connectivity index (χ4n) is 3.50. The monoisotopic (exact) mass is 309 g/mol. The van der Waals surface area contributed by atoms with Gasteiger partial charge in [-0.1, -0.05) is 18.6 Å². The molecule has 0 aliphatic carbocycles. The second kappa shape index (κ2) is 5.59. The Morgan fingerprint density at radius 1 is 1.19 bits per heavy atom. The van der Waals surface area contributed by atoms with Crippen LogP contribution in [0.5, 0.6) is 0 Å². The molecule has 2 unspecified atom stereocenters.